The molecule has 2 rings (SSSR count). The molecular weight excluding hydrogens is 232 g/mol. The lowest BCUT2D eigenvalue weighted by atomic mass is 10.1. The first-order valence-electron chi connectivity index (χ1n) is 6.02. The molecule has 1 aliphatic rings. The number of anilines is 2. The minimum absolute atomic E-state index is 0.0429. The van der Waals surface area contributed by atoms with Crippen LogP contribution in [0, 0.1) is 0 Å². The number of carbonyl (C=O) groups is 1. The number of nitrogens with one attached hydrogen (secondary N) is 1. The highest BCUT2D eigenvalue weighted by molar-refractivity contribution is 5.86. The van der Waals surface area contributed by atoms with Gasteiger partial charge in [0.15, 0.2) is 0 Å². The summed E-state index contributed by atoms with van der Waals surface area (Å²) >= 11 is 0. The van der Waals surface area contributed by atoms with Crippen LogP contribution in [-0.2, 0) is 4.79 Å². The Morgan fingerprint density at radius 2 is 2.39 bits per heavy atom. The van der Waals surface area contributed by atoms with Gasteiger partial charge in [0.05, 0.1) is 12.8 Å². The number of methoxy groups -OCH3 is 1. The lowest BCUT2D eigenvalue weighted by molar-refractivity contribution is -0.123. The van der Waals surface area contributed by atoms with Gasteiger partial charge in [0, 0.05) is 13.1 Å². The fourth-order valence-electron chi connectivity index (χ4n) is 2.16. The summed E-state index contributed by atoms with van der Waals surface area (Å²) in [6.07, 6.45) is 0.736. The summed E-state index contributed by atoms with van der Waals surface area (Å²) in [5.74, 6) is 1.16. The number of rotatable bonds is 3. The fraction of sp³-hybridized carbons (Fsp3) is 0.500. The molecule has 1 aromatic rings. The Morgan fingerprint density at radius 3 is 3.06 bits per heavy atom. The number of nitrogens with two attached hydrogens (primary N) is 1. The van der Waals surface area contributed by atoms with Crippen LogP contribution in [0.4, 0.5) is 11.5 Å². The van der Waals surface area contributed by atoms with Gasteiger partial charge in [-0.3, -0.25) is 4.79 Å². The maximum atomic E-state index is 11.8. The molecule has 1 aromatic heterocycles. The van der Waals surface area contributed by atoms with Crippen molar-refractivity contribution in [3.8, 4) is 5.88 Å². The highest BCUT2D eigenvalue weighted by Crippen LogP contribution is 2.25. The molecule has 6 nitrogen and oxygen atoms in total. The Hall–Kier alpha value is -1.98. The molecule has 18 heavy (non-hydrogen) atoms. The van der Waals surface area contributed by atoms with E-state index in [2.05, 4.69) is 10.3 Å². The van der Waals surface area contributed by atoms with E-state index in [0.717, 1.165) is 18.8 Å². The third-order valence-corrected chi connectivity index (χ3v) is 3.08. The van der Waals surface area contributed by atoms with E-state index in [1.165, 1.54) is 7.11 Å². The normalized spacial score (nSPS) is 19.6. The maximum Gasteiger partial charge on any atom is 0.242 e. The highest BCUT2D eigenvalue weighted by atomic mass is 16.5. The summed E-state index contributed by atoms with van der Waals surface area (Å²) in [5.41, 5.74) is 6.23. The molecular formula is C12H18N4O2. The highest BCUT2D eigenvalue weighted by Gasteiger charge is 2.29. The second-order valence-corrected chi connectivity index (χ2v) is 4.18. The van der Waals surface area contributed by atoms with Crippen LogP contribution in [0.25, 0.3) is 0 Å². The van der Waals surface area contributed by atoms with E-state index < -0.39 is 0 Å². The Morgan fingerprint density at radius 1 is 1.61 bits per heavy atom. The Balaban J connectivity index is 2.31. The minimum Gasteiger partial charge on any atom is -0.479 e. The molecule has 98 valence electrons. The van der Waals surface area contributed by atoms with Crippen LogP contribution in [0.15, 0.2) is 12.1 Å². The van der Waals surface area contributed by atoms with Crippen molar-refractivity contribution in [2.24, 2.45) is 0 Å². The van der Waals surface area contributed by atoms with Crippen LogP contribution in [0.2, 0.25) is 0 Å². The third kappa shape index (κ3) is 2.18. The molecule has 0 bridgehead atoms. The number of nitrogens with zero attached hydrogens (tertiary/aromatic N) is 2. The summed E-state index contributed by atoms with van der Waals surface area (Å²) in [6.45, 7) is 3.35. The molecule has 1 atom stereocenters. The largest absolute Gasteiger partial charge is 0.479 e. The first-order valence-corrected chi connectivity index (χ1v) is 6.02. The van der Waals surface area contributed by atoms with Gasteiger partial charge in [0.2, 0.25) is 11.8 Å². The average molecular weight is 250 g/mol. The number of amides is 1. The van der Waals surface area contributed by atoms with Gasteiger partial charge >= 0.3 is 0 Å². The standard InChI is InChI=1S/C12H18N4O2/c1-3-9-11(17)14-6-7-16(9)10-5-4-8(13)12(15-10)18-2/h4-5,9H,3,6-7,13H2,1-2H3,(H,14,17). The minimum atomic E-state index is -0.181. The molecule has 1 aliphatic heterocycles. The zero-order valence-electron chi connectivity index (χ0n) is 10.6. The number of aromatic nitrogens is 1. The molecule has 0 spiro atoms. The Kier molecular flexibility index (Phi) is 3.55. The SMILES string of the molecule is CCC1C(=O)NCCN1c1ccc(N)c(OC)n1. The van der Waals surface area contributed by atoms with Crippen molar-refractivity contribution in [3.05, 3.63) is 12.1 Å². The van der Waals surface area contributed by atoms with E-state index in [1.54, 1.807) is 6.07 Å². The number of piperazine rings is 1. The number of carbonyl (C=O) groups excluding carboxylic acids is 1. The molecule has 2 heterocycles. The van der Waals surface area contributed by atoms with Gasteiger partial charge in [0.25, 0.3) is 0 Å². The number of pyridine rings is 1. The third-order valence-electron chi connectivity index (χ3n) is 3.08. The van der Waals surface area contributed by atoms with E-state index in [-0.39, 0.29) is 11.9 Å². The van der Waals surface area contributed by atoms with Crippen molar-refractivity contribution in [1.82, 2.24) is 10.3 Å². The molecule has 0 saturated carbocycles. The number of hydrogen-bond donors (Lipinski definition) is 2. The molecule has 1 amide bonds. The van der Waals surface area contributed by atoms with Gasteiger partial charge in [-0.25, -0.2) is 0 Å². The lowest BCUT2D eigenvalue weighted by Gasteiger charge is -2.35. The summed E-state index contributed by atoms with van der Waals surface area (Å²) in [4.78, 5) is 18.1. The topological polar surface area (TPSA) is 80.5 Å². The smallest absolute Gasteiger partial charge is 0.242 e. The quantitative estimate of drug-likeness (QED) is 0.811. The van der Waals surface area contributed by atoms with Gasteiger partial charge in [-0.05, 0) is 18.6 Å². The van der Waals surface area contributed by atoms with Crippen LogP contribution in [0.3, 0.4) is 0 Å². The van der Waals surface area contributed by atoms with Crippen LogP contribution in [0.5, 0.6) is 5.88 Å². The van der Waals surface area contributed by atoms with Crippen molar-refractivity contribution in [2.45, 2.75) is 19.4 Å². The van der Waals surface area contributed by atoms with Gasteiger partial charge in [-0.15, -0.1) is 0 Å². The van der Waals surface area contributed by atoms with E-state index in [4.69, 9.17) is 10.5 Å². The van der Waals surface area contributed by atoms with E-state index in [1.807, 2.05) is 17.9 Å². The van der Waals surface area contributed by atoms with Crippen LogP contribution in [-0.4, -0.2) is 37.1 Å². The average Bonchev–Trinajstić information content (AvgIpc) is 2.39. The van der Waals surface area contributed by atoms with E-state index in [0.29, 0.717) is 18.1 Å². The summed E-state index contributed by atoms with van der Waals surface area (Å²) in [7, 11) is 1.53. The molecule has 3 N–H and O–H groups in total. The molecule has 1 saturated heterocycles. The van der Waals surface area contributed by atoms with Gasteiger partial charge in [-0.2, -0.15) is 4.98 Å². The summed E-state index contributed by atoms with van der Waals surface area (Å²) in [5, 5.41) is 2.86. The molecule has 6 heteroatoms. The summed E-state index contributed by atoms with van der Waals surface area (Å²) in [6, 6.07) is 3.39. The first kappa shape index (κ1) is 12.5. The van der Waals surface area contributed by atoms with Gasteiger partial charge in [0.1, 0.15) is 11.9 Å². The van der Waals surface area contributed by atoms with Crippen molar-refractivity contribution in [3.63, 3.8) is 0 Å². The van der Waals surface area contributed by atoms with Crippen LogP contribution >= 0.6 is 0 Å². The fourth-order valence-corrected chi connectivity index (χ4v) is 2.16. The predicted octanol–water partition coefficient (Wildman–Crippen LogP) is 0.387. The second kappa shape index (κ2) is 5.12. The predicted molar refractivity (Wildman–Crippen MR) is 69.6 cm³/mol. The zero-order valence-corrected chi connectivity index (χ0v) is 10.6. The molecule has 1 fully saturated rings. The van der Waals surface area contributed by atoms with E-state index in [9.17, 15) is 4.79 Å². The van der Waals surface area contributed by atoms with Gasteiger partial charge in [-0.1, -0.05) is 6.92 Å². The molecule has 0 radical (unpaired) electrons. The van der Waals surface area contributed by atoms with Gasteiger partial charge < -0.3 is 20.7 Å². The number of ether oxygens (including phenoxy) is 1. The Bertz CT molecular complexity index is 450. The zero-order chi connectivity index (χ0) is 13.1. The number of nitrogen functional groups attached to an aromatic ring is 1. The summed E-state index contributed by atoms with van der Waals surface area (Å²) < 4.78 is 5.11. The molecule has 1 unspecified atom stereocenters. The monoisotopic (exact) mass is 250 g/mol. The van der Waals surface area contributed by atoms with Crippen molar-refractivity contribution in [1.29, 1.82) is 0 Å². The Labute approximate surface area is 106 Å². The lowest BCUT2D eigenvalue weighted by Crippen LogP contribution is -2.55. The number of hydrogen-bond acceptors (Lipinski definition) is 5. The molecule has 0 aliphatic carbocycles. The first-order chi connectivity index (χ1) is 8.67. The second-order valence-electron chi connectivity index (χ2n) is 4.18. The van der Waals surface area contributed by atoms with E-state index >= 15 is 0 Å². The van der Waals surface area contributed by atoms with Crippen molar-refractivity contribution in [2.75, 3.05) is 30.8 Å². The van der Waals surface area contributed by atoms with Crippen molar-refractivity contribution < 1.29 is 9.53 Å². The van der Waals surface area contributed by atoms with Crippen LogP contribution in [0.1, 0.15) is 13.3 Å². The maximum absolute atomic E-state index is 11.8. The van der Waals surface area contributed by atoms with Crippen molar-refractivity contribution >= 4 is 17.4 Å². The molecule has 0 aromatic carbocycles. The van der Waals surface area contributed by atoms with Crippen LogP contribution < -0.4 is 20.7 Å².